The van der Waals surface area contributed by atoms with Crippen LogP contribution in [-0.2, 0) is 24.5 Å². The molecule has 0 saturated heterocycles. The van der Waals surface area contributed by atoms with Crippen LogP contribution in [0, 0.1) is 11.3 Å². The summed E-state index contributed by atoms with van der Waals surface area (Å²) in [5, 5.41) is 15.2. The minimum Gasteiger partial charge on any atom is -0.372 e. The average Bonchev–Trinajstić information content (AvgIpc) is 3.47. The first-order valence-corrected chi connectivity index (χ1v) is 11.9. The van der Waals surface area contributed by atoms with E-state index in [4.69, 9.17) is 33.2 Å². The van der Waals surface area contributed by atoms with Crippen molar-refractivity contribution in [3.8, 4) is 6.07 Å². The smallest absolute Gasteiger partial charge is 0.260 e. The third kappa shape index (κ3) is 4.02. The Balaban J connectivity index is 1.40. The van der Waals surface area contributed by atoms with Crippen LogP contribution in [0.3, 0.4) is 0 Å². The van der Waals surface area contributed by atoms with Gasteiger partial charge in [0.1, 0.15) is 22.6 Å². The predicted molar refractivity (Wildman–Crippen MR) is 130 cm³/mol. The maximum Gasteiger partial charge on any atom is 0.260 e. The Morgan fingerprint density at radius 1 is 1.17 bits per heavy atom. The van der Waals surface area contributed by atoms with Gasteiger partial charge in [-0.3, -0.25) is 14.4 Å². The summed E-state index contributed by atoms with van der Waals surface area (Å²) in [6.07, 6.45) is 5.29. The second-order valence-corrected chi connectivity index (χ2v) is 9.37. The standard InChI is InChI=1S/C25H18Cl2N6O2/c26-23-20-13-35-12-19(20)18-6-1-14(7-21(18)30-23)10-32(22-11-33(17-4-5-17)31-24(22)27)25(34)15-2-3-16(8-28)29-9-15/h1-3,6-7,9,11,17H,4-5,10,12-13H2. The Hall–Kier alpha value is -3.51. The first kappa shape index (κ1) is 22.0. The van der Waals surface area contributed by atoms with E-state index >= 15 is 0 Å². The molecule has 1 saturated carbocycles. The number of ether oxygens (including phenoxy) is 1. The molecular formula is C25H18Cl2N6O2. The number of pyridine rings is 2. The number of fused-ring (bicyclic) bond motifs is 3. The van der Waals surface area contributed by atoms with Crippen molar-refractivity contribution in [2.45, 2.75) is 38.6 Å². The SMILES string of the molecule is N#Cc1ccc(C(=O)N(Cc2ccc3c4c(c(Cl)nc3c2)COC4)c2cn(C3CC3)nc2Cl)cn1. The molecule has 6 rings (SSSR count). The van der Waals surface area contributed by atoms with Gasteiger partial charge in [-0.05, 0) is 42.2 Å². The maximum absolute atomic E-state index is 13.6. The number of amides is 1. The van der Waals surface area contributed by atoms with E-state index in [0.717, 1.165) is 40.4 Å². The summed E-state index contributed by atoms with van der Waals surface area (Å²) in [6, 6.07) is 11.3. The van der Waals surface area contributed by atoms with Crippen LogP contribution in [0.25, 0.3) is 10.9 Å². The van der Waals surface area contributed by atoms with Crippen molar-refractivity contribution < 1.29 is 9.53 Å². The summed E-state index contributed by atoms with van der Waals surface area (Å²) in [4.78, 5) is 23.8. The van der Waals surface area contributed by atoms with Crippen molar-refractivity contribution in [2.24, 2.45) is 0 Å². The number of anilines is 1. The third-order valence-corrected chi connectivity index (χ3v) is 6.89. The Morgan fingerprint density at radius 2 is 2.00 bits per heavy atom. The molecule has 1 amide bonds. The molecule has 35 heavy (non-hydrogen) atoms. The molecule has 8 nitrogen and oxygen atoms in total. The van der Waals surface area contributed by atoms with Crippen LogP contribution in [0.15, 0.2) is 42.7 Å². The number of nitriles is 1. The lowest BCUT2D eigenvalue weighted by Crippen LogP contribution is -2.30. The first-order chi connectivity index (χ1) is 17.0. The first-order valence-electron chi connectivity index (χ1n) is 11.1. The van der Waals surface area contributed by atoms with E-state index in [1.807, 2.05) is 35.1 Å². The monoisotopic (exact) mass is 504 g/mol. The number of nitrogens with zero attached hydrogens (tertiary/aromatic N) is 6. The molecule has 0 unspecified atom stereocenters. The second-order valence-electron chi connectivity index (χ2n) is 8.66. The summed E-state index contributed by atoms with van der Waals surface area (Å²) in [5.74, 6) is -0.298. The van der Waals surface area contributed by atoms with Gasteiger partial charge in [-0.25, -0.2) is 9.97 Å². The molecular weight excluding hydrogens is 487 g/mol. The van der Waals surface area contributed by atoms with Crippen molar-refractivity contribution in [1.29, 1.82) is 5.26 Å². The van der Waals surface area contributed by atoms with Gasteiger partial charge in [0.2, 0.25) is 0 Å². The van der Waals surface area contributed by atoms with Crippen LogP contribution in [0.2, 0.25) is 10.3 Å². The molecule has 10 heteroatoms. The largest absolute Gasteiger partial charge is 0.372 e. The van der Waals surface area contributed by atoms with Gasteiger partial charge in [-0.2, -0.15) is 10.4 Å². The van der Waals surface area contributed by atoms with Crippen LogP contribution in [0.4, 0.5) is 5.69 Å². The van der Waals surface area contributed by atoms with E-state index < -0.39 is 0 Å². The lowest BCUT2D eigenvalue weighted by molar-refractivity contribution is 0.0984. The number of hydrogen-bond acceptors (Lipinski definition) is 6. The van der Waals surface area contributed by atoms with Gasteiger partial charge in [0, 0.05) is 17.1 Å². The number of carbonyl (C=O) groups is 1. The zero-order chi connectivity index (χ0) is 24.1. The Bertz CT molecular complexity index is 1520. The minimum absolute atomic E-state index is 0.234. The fraction of sp³-hybridized carbons (Fsp3) is 0.240. The molecule has 0 radical (unpaired) electrons. The van der Waals surface area contributed by atoms with Gasteiger partial charge in [0.15, 0.2) is 5.15 Å². The summed E-state index contributed by atoms with van der Waals surface area (Å²) in [7, 11) is 0. The fourth-order valence-electron chi connectivity index (χ4n) is 4.31. The second kappa shape index (κ2) is 8.61. The number of carbonyl (C=O) groups excluding carboxylic acids is 1. The Kier molecular flexibility index (Phi) is 5.41. The zero-order valence-electron chi connectivity index (χ0n) is 18.4. The third-order valence-electron chi connectivity index (χ3n) is 6.30. The molecule has 1 fully saturated rings. The normalized spacial score (nSPS) is 14.7. The zero-order valence-corrected chi connectivity index (χ0v) is 19.9. The van der Waals surface area contributed by atoms with E-state index in [2.05, 4.69) is 15.1 Å². The Morgan fingerprint density at radius 3 is 2.74 bits per heavy atom. The highest BCUT2D eigenvalue weighted by Gasteiger charge is 2.29. The van der Waals surface area contributed by atoms with Crippen molar-refractivity contribution in [1.82, 2.24) is 19.7 Å². The summed E-state index contributed by atoms with van der Waals surface area (Å²) >= 11 is 12.9. The summed E-state index contributed by atoms with van der Waals surface area (Å²) in [5.41, 5.74) is 4.67. The van der Waals surface area contributed by atoms with Crippen LogP contribution < -0.4 is 4.90 Å². The van der Waals surface area contributed by atoms with Crippen LogP contribution in [0.5, 0.6) is 0 Å². The summed E-state index contributed by atoms with van der Waals surface area (Å²) in [6.45, 7) is 1.20. The maximum atomic E-state index is 13.6. The predicted octanol–water partition coefficient (Wildman–Crippen LogP) is 5.22. The molecule has 0 spiro atoms. The molecule has 1 aliphatic heterocycles. The molecule has 0 bridgehead atoms. The minimum atomic E-state index is -0.298. The number of benzene rings is 1. The highest BCUT2D eigenvalue weighted by molar-refractivity contribution is 6.33. The Labute approximate surface area is 210 Å². The van der Waals surface area contributed by atoms with Crippen molar-refractivity contribution in [3.05, 3.63) is 81.0 Å². The van der Waals surface area contributed by atoms with Gasteiger partial charge >= 0.3 is 0 Å². The molecule has 1 aliphatic carbocycles. The summed E-state index contributed by atoms with van der Waals surface area (Å²) < 4.78 is 7.39. The van der Waals surface area contributed by atoms with Crippen LogP contribution in [-0.4, -0.2) is 25.7 Å². The quantitative estimate of drug-likeness (QED) is 0.345. The number of hydrogen-bond donors (Lipinski definition) is 0. The average molecular weight is 505 g/mol. The highest BCUT2D eigenvalue weighted by atomic mass is 35.5. The molecule has 0 N–H and O–H groups in total. The highest BCUT2D eigenvalue weighted by Crippen LogP contribution is 2.38. The van der Waals surface area contributed by atoms with E-state index in [1.54, 1.807) is 11.0 Å². The topological polar surface area (TPSA) is 96.9 Å². The van der Waals surface area contributed by atoms with Crippen molar-refractivity contribution in [2.75, 3.05) is 4.90 Å². The molecule has 0 atom stereocenters. The molecule has 174 valence electrons. The van der Waals surface area contributed by atoms with Gasteiger partial charge in [-0.15, -0.1) is 0 Å². The van der Waals surface area contributed by atoms with Crippen molar-refractivity contribution >= 4 is 45.7 Å². The van der Waals surface area contributed by atoms with Crippen LogP contribution in [0.1, 0.15) is 51.6 Å². The fourth-order valence-corrected chi connectivity index (χ4v) is 4.81. The molecule has 4 heterocycles. The lowest BCUT2D eigenvalue weighted by atomic mass is 10.0. The van der Waals surface area contributed by atoms with Gasteiger partial charge in [0.05, 0.1) is 43.1 Å². The van der Waals surface area contributed by atoms with E-state index in [-0.39, 0.29) is 23.3 Å². The molecule has 2 aliphatic rings. The number of halogens is 2. The molecule has 4 aromatic rings. The van der Waals surface area contributed by atoms with Crippen molar-refractivity contribution in [3.63, 3.8) is 0 Å². The van der Waals surface area contributed by atoms with Crippen LogP contribution >= 0.6 is 23.2 Å². The van der Waals surface area contributed by atoms with E-state index in [1.165, 1.54) is 12.3 Å². The molecule has 1 aromatic carbocycles. The number of aromatic nitrogens is 4. The van der Waals surface area contributed by atoms with Gasteiger partial charge in [0.25, 0.3) is 5.91 Å². The molecule has 3 aromatic heterocycles. The van der Waals surface area contributed by atoms with Gasteiger partial charge in [-0.1, -0.05) is 35.3 Å². The number of rotatable bonds is 5. The lowest BCUT2D eigenvalue weighted by Gasteiger charge is -2.22. The van der Waals surface area contributed by atoms with E-state index in [9.17, 15) is 4.79 Å². The van der Waals surface area contributed by atoms with Gasteiger partial charge < -0.3 is 4.74 Å². The van der Waals surface area contributed by atoms with E-state index in [0.29, 0.717) is 35.7 Å².